The van der Waals surface area contributed by atoms with Crippen molar-refractivity contribution < 1.29 is 5.11 Å². The van der Waals surface area contributed by atoms with Crippen LogP contribution in [0.3, 0.4) is 0 Å². The Kier molecular flexibility index (Phi) is 11.4. The number of rotatable bonds is 6. The van der Waals surface area contributed by atoms with E-state index in [0.717, 1.165) is 44.6 Å². The highest BCUT2D eigenvalue weighted by molar-refractivity contribution is 14.0. The molecule has 1 unspecified atom stereocenters. The molecule has 1 saturated heterocycles. The monoisotopic (exact) mass is 412 g/mol. The van der Waals surface area contributed by atoms with Gasteiger partial charge in [-0.05, 0) is 18.8 Å². The third-order valence-electron chi connectivity index (χ3n) is 3.49. The average molecular weight is 412 g/mol. The van der Waals surface area contributed by atoms with Gasteiger partial charge in [-0.15, -0.1) is 24.0 Å². The number of nitrogens with one attached hydrogen (secondary N) is 1. The summed E-state index contributed by atoms with van der Waals surface area (Å²) in [6.45, 7) is 15.9. The molecule has 0 aliphatic carbocycles. The minimum atomic E-state index is 0. The van der Waals surface area contributed by atoms with Gasteiger partial charge in [-0.25, -0.2) is 0 Å². The predicted octanol–water partition coefficient (Wildman–Crippen LogP) is 1.47. The number of aliphatic imine (C=N–C) groups is 1. The predicted molar refractivity (Wildman–Crippen MR) is 100 cm³/mol. The van der Waals surface area contributed by atoms with Crippen LogP contribution in [0.1, 0.15) is 27.7 Å². The van der Waals surface area contributed by atoms with Crippen molar-refractivity contribution in [3.63, 3.8) is 0 Å². The molecule has 0 amide bonds. The Morgan fingerprint density at radius 2 is 1.81 bits per heavy atom. The van der Waals surface area contributed by atoms with E-state index in [1.807, 2.05) is 6.92 Å². The minimum absolute atomic E-state index is 0. The zero-order chi connectivity index (χ0) is 15.0. The first-order chi connectivity index (χ1) is 9.56. The van der Waals surface area contributed by atoms with Crippen molar-refractivity contribution in [1.82, 2.24) is 15.1 Å². The molecule has 1 rings (SSSR count). The summed E-state index contributed by atoms with van der Waals surface area (Å²) in [5.74, 6) is 1.96. The first-order valence-corrected chi connectivity index (χ1v) is 7.93. The molecule has 1 heterocycles. The van der Waals surface area contributed by atoms with Crippen LogP contribution in [-0.2, 0) is 0 Å². The van der Waals surface area contributed by atoms with Gasteiger partial charge in [0.15, 0.2) is 5.96 Å². The second-order valence-corrected chi connectivity index (χ2v) is 6.16. The second kappa shape index (κ2) is 11.5. The highest BCUT2D eigenvalue weighted by atomic mass is 127. The second-order valence-electron chi connectivity index (χ2n) is 6.16. The van der Waals surface area contributed by atoms with E-state index in [1.165, 1.54) is 6.54 Å². The number of guanidine groups is 1. The van der Waals surface area contributed by atoms with E-state index in [4.69, 9.17) is 5.11 Å². The topological polar surface area (TPSA) is 51.1 Å². The van der Waals surface area contributed by atoms with E-state index >= 15 is 0 Å². The minimum Gasteiger partial charge on any atom is -0.396 e. The van der Waals surface area contributed by atoms with Crippen molar-refractivity contribution in [2.75, 3.05) is 52.4 Å². The standard InChI is InChI=1S/C15H32N4O.HI/c1-5-16-15(17-10-14(4)12-20)19-8-6-18(7-9-19)11-13(2)3;/h13-14,20H,5-12H2,1-4H3,(H,16,17);1H. The molecule has 1 aliphatic heterocycles. The van der Waals surface area contributed by atoms with Crippen molar-refractivity contribution in [3.05, 3.63) is 0 Å². The van der Waals surface area contributed by atoms with Crippen LogP contribution in [-0.4, -0.2) is 73.3 Å². The highest BCUT2D eigenvalue weighted by Gasteiger charge is 2.19. The molecule has 126 valence electrons. The Labute approximate surface area is 147 Å². The van der Waals surface area contributed by atoms with Crippen LogP contribution in [0.2, 0.25) is 0 Å². The summed E-state index contributed by atoms with van der Waals surface area (Å²) >= 11 is 0. The lowest BCUT2D eigenvalue weighted by Gasteiger charge is -2.37. The summed E-state index contributed by atoms with van der Waals surface area (Å²) < 4.78 is 0. The average Bonchev–Trinajstić information content (AvgIpc) is 2.43. The third kappa shape index (κ3) is 8.21. The summed E-state index contributed by atoms with van der Waals surface area (Å²) in [5, 5.41) is 12.5. The molecule has 2 N–H and O–H groups in total. The Hall–Kier alpha value is -0.0800. The van der Waals surface area contributed by atoms with E-state index in [2.05, 4.69) is 40.9 Å². The lowest BCUT2D eigenvalue weighted by atomic mass is 10.2. The molecule has 0 aromatic heterocycles. The summed E-state index contributed by atoms with van der Waals surface area (Å²) in [5.41, 5.74) is 0. The van der Waals surface area contributed by atoms with Crippen LogP contribution < -0.4 is 5.32 Å². The van der Waals surface area contributed by atoms with Crippen LogP contribution in [0.15, 0.2) is 4.99 Å². The number of piperazine rings is 1. The molecule has 1 atom stereocenters. The Bertz CT molecular complexity index is 291. The van der Waals surface area contributed by atoms with Crippen LogP contribution in [0, 0.1) is 11.8 Å². The van der Waals surface area contributed by atoms with Crippen molar-refractivity contribution in [3.8, 4) is 0 Å². The van der Waals surface area contributed by atoms with Gasteiger partial charge in [0, 0.05) is 52.4 Å². The molecule has 1 fully saturated rings. The van der Waals surface area contributed by atoms with Gasteiger partial charge in [0.1, 0.15) is 0 Å². The maximum absolute atomic E-state index is 9.10. The van der Waals surface area contributed by atoms with E-state index in [-0.39, 0.29) is 36.5 Å². The molecule has 1 aliphatic rings. The third-order valence-corrected chi connectivity index (χ3v) is 3.49. The number of aliphatic hydroxyl groups excluding tert-OH is 1. The lowest BCUT2D eigenvalue weighted by Crippen LogP contribution is -2.53. The summed E-state index contributed by atoms with van der Waals surface area (Å²) in [6, 6.07) is 0. The van der Waals surface area contributed by atoms with Gasteiger partial charge in [-0.3, -0.25) is 9.89 Å². The van der Waals surface area contributed by atoms with E-state index < -0.39 is 0 Å². The van der Waals surface area contributed by atoms with Crippen LogP contribution in [0.25, 0.3) is 0 Å². The Morgan fingerprint density at radius 1 is 1.19 bits per heavy atom. The molecule has 0 aromatic carbocycles. The maximum Gasteiger partial charge on any atom is 0.194 e. The molecule has 6 heteroatoms. The van der Waals surface area contributed by atoms with Gasteiger partial charge in [-0.1, -0.05) is 20.8 Å². The van der Waals surface area contributed by atoms with Gasteiger partial charge >= 0.3 is 0 Å². The molecule has 0 bridgehead atoms. The first-order valence-electron chi connectivity index (χ1n) is 7.93. The van der Waals surface area contributed by atoms with Crippen molar-refractivity contribution in [2.45, 2.75) is 27.7 Å². The smallest absolute Gasteiger partial charge is 0.194 e. The normalized spacial score (nSPS) is 18.6. The molecular weight excluding hydrogens is 379 g/mol. The van der Waals surface area contributed by atoms with Gasteiger partial charge < -0.3 is 15.3 Å². The molecule has 21 heavy (non-hydrogen) atoms. The molecule has 0 saturated carbocycles. The summed E-state index contributed by atoms with van der Waals surface area (Å²) in [6.07, 6.45) is 0. The quantitative estimate of drug-likeness (QED) is 0.394. The van der Waals surface area contributed by atoms with Crippen LogP contribution in [0.4, 0.5) is 0 Å². The molecular formula is C15H33IN4O. The van der Waals surface area contributed by atoms with Crippen LogP contribution >= 0.6 is 24.0 Å². The van der Waals surface area contributed by atoms with Gasteiger partial charge in [0.2, 0.25) is 0 Å². The Balaban J connectivity index is 0.00000400. The van der Waals surface area contributed by atoms with Crippen molar-refractivity contribution in [1.29, 1.82) is 0 Å². The number of hydrogen-bond acceptors (Lipinski definition) is 3. The molecule has 0 aromatic rings. The van der Waals surface area contributed by atoms with Crippen LogP contribution in [0.5, 0.6) is 0 Å². The number of nitrogens with zero attached hydrogens (tertiary/aromatic N) is 3. The van der Waals surface area contributed by atoms with Gasteiger partial charge in [-0.2, -0.15) is 0 Å². The summed E-state index contributed by atoms with van der Waals surface area (Å²) in [7, 11) is 0. The van der Waals surface area contributed by atoms with E-state index in [9.17, 15) is 0 Å². The highest BCUT2D eigenvalue weighted by Crippen LogP contribution is 2.06. The fourth-order valence-electron chi connectivity index (χ4n) is 2.38. The Morgan fingerprint density at radius 3 is 2.29 bits per heavy atom. The zero-order valence-corrected chi connectivity index (χ0v) is 16.3. The first kappa shape index (κ1) is 20.9. The maximum atomic E-state index is 9.10. The van der Waals surface area contributed by atoms with Crippen molar-refractivity contribution in [2.24, 2.45) is 16.8 Å². The summed E-state index contributed by atoms with van der Waals surface area (Å²) in [4.78, 5) is 9.51. The molecule has 5 nitrogen and oxygen atoms in total. The zero-order valence-electron chi connectivity index (χ0n) is 14.0. The molecule has 0 spiro atoms. The van der Waals surface area contributed by atoms with E-state index in [0.29, 0.717) is 6.54 Å². The largest absolute Gasteiger partial charge is 0.396 e. The number of hydrogen-bond donors (Lipinski definition) is 2. The fourth-order valence-corrected chi connectivity index (χ4v) is 2.38. The lowest BCUT2D eigenvalue weighted by molar-refractivity contribution is 0.163. The number of aliphatic hydroxyl groups is 1. The molecule has 0 radical (unpaired) electrons. The van der Waals surface area contributed by atoms with E-state index in [1.54, 1.807) is 0 Å². The fraction of sp³-hybridized carbons (Fsp3) is 0.933. The number of halogens is 1. The van der Waals surface area contributed by atoms with Crippen molar-refractivity contribution >= 4 is 29.9 Å². The van der Waals surface area contributed by atoms with Gasteiger partial charge in [0.25, 0.3) is 0 Å². The van der Waals surface area contributed by atoms with Gasteiger partial charge in [0.05, 0.1) is 0 Å². The SMILES string of the molecule is CCNC(=NCC(C)CO)N1CCN(CC(C)C)CC1.I.